The number of sulfonamides is 1. The summed E-state index contributed by atoms with van der Waals surface area (Å²) in [6.07, 6.45) is 1.36. The van der Waals surface area contributed by atoms with Crippen LogP contribution in [0.3, 0.4) is 0 Å². The summed E-state index contributed by atoms with van der Waals surface area (Å²) >= 11 is 0. The summed E-state index contributed by atoms with van der Waals surface area (Å²) in [4.78, 5) is 25.4. The fourth-order valence-corrected chi connectivity index (χ4v) is 4.38. The van der Waals surface area contributed by atoms with E-state index in [2.05, 4.69) is 0 Å². The van der Waals surface area contributed by atoms with Gasteiger partial charge in [0, 0.05) is 19.2 Å². The van der Waals surface area contributed by atoms with Gasteiger partial charge in [-0.15, -0.1) is 0 Å². The van der Waals surface area contributed by atoms with Crippen molar-refractivity contribution >= 4 is 27.4 Å². The minimum atomic E-state index is -3.92. The number of fused-ring (bicyclic) bond motifs is 1. The van der Waals surface area contributed by atoms with Gasteiger partial charge in [-0.3, -0.25) is 9.59 Å². The summed E-state index contributed by atoms with van der Waals surface area (Å²) in [6, 6.07) is 10.2. The molecule has 28 heavy (non-hydrogen) atoms. The molecule has 0 radical (unpaired) electrons. The minimum Gasteiger partial charge on any atom is -0.308 e. The average Bonchev–Trinajstić information content (AvgIpc) is 2.67. The van der Waals surface area contributed by atoms with Crippen molar-refractivity contribution in [2.75, 3.05) is 25.0 Å². The molecule has 148 valence electrons. The standard InChI is InChI=1S/C20H21FN2O4S/c1-14(24)15-8-10-17(11-9-15)28(26,27)22(2)13-19(25)23-12-4-6-16-5-3-7-18(21)20(16)23/h3,5,7-11H,4,6,12-13H2,1-2H3. The molecular formula is C20H21FN2O4S. The zero-order valence-corrected chi connectivity index (χ0v) is 16.5. The van der Waals surface area contributed by atoms with Gasteiger partial charge in [0.1, 0.15) is 5.82 Å². The van der Waals surface area contributed by atoms with Crippen LogP contribution in [0.4, 0.5) is 10.1 Å². The number of nitrogens with zero attached hydrogens (tertiary/aromatic N) is 2. The highest BCUT2D eigenvalue weighted by Gasteiger charge is 2.29. The summed E-state index contributed by atoms with van der Waals surface area (Å²) in [5, 5.41) is 0. The van der Waals surface area contributed by atoms with E-state index in [-0.39, 0.29) is 16.4 Å². The van der Waals surface area contributed by atoms with E-state index in [1.54, 1.807) is 12.1 Å². The first-order chi connectivity index (χ1) is 13.2. The third-order valence-corrected chi connectivity index (χ3v) is 6.61. The third kappa shape index (κ3) is 3.83. The first-order valence-electron chi connectivity index (χ1n) is 8.87. The fourth-order valence-electron chi connectivity index (χ4n) is 3.26. The van der Waals surface area contributed by atoms with Crippen LogP contribution in [0, 0.1) is 5.82 Å². The molecule has 0 bridgehead atoms. The van der Waals surface area contributed by atoms with Crippen LogP contribution in [0.2, 0.25) is 0 Å². The van der Waals surface area contributed by atoms with Gasteiger partial charge in [0.25, 0.3) is 0 Å². The maximum absolute atomic E-state index is 14.3. The van der Waals surface area contributed by atoms with Crippen LogP contribution in [0.15, 0.2) is 47.4 Å². The van der Waals surface area contributed by atoms with Crippen LogP contribution < -0.4 is 4.90 Å². The third-order valence-electron chi connectivity index (χ3n) is 4.80. The summed E-state index contributed by atoms with van der Waals surface area (Å²) in [7, 11) is -2.62. The number of Topliss-reactive ketones (excluding diaryl/α,β-unsaturated/α-hetero) is 1. The van der Waals surface area contributed by atoms with Crippen LogP contribution in [0.5, 0.6) is 0 Å². The number of amides is 1. The molecule has 0 fully saturated rings. The number of hydrogen-bond donors (Lipinski definition) is 0. The van der Waals surface area contributed by atoms with Gasteiger partial charge in [-0.2, -0.15) is 4.31 Å². The second-order valence-electron chi connectivity index (χ2n) is 6.74. The van der Waals surface area contributed by atoms with Gasteiger partial charge >= 0.3 is 0 Å². The van der Waals surface area contributed by atoms with Crippen molar-refractivity contribution in [1.29, 1.82) is 0 Å². The van der Waals surface area contributed by atoms with Crippen molar-refractivity contribution in [1.82, 2.24) is 4.31 Å². The molecule has 6 nitrogen and oxygen atoms in total. The van der Waals surface area contributed by atoms with Crippen molar-refractivity contribution < 1.29 is 22.4 Å². The molecule has 2 aromatic rings. The number of likely N-dealkylation sites (N-methyl/N-ethyl adjacent to an activating group) is 1. The number of ketones is 1. The largest absolute Gasteiger partial charge is 0.308 e. The van der Waals surface area contributed by atoms with Gasteiger partial charge in [0.2, 0.25) is 15.9 Å². The van der Waals surface area contributed by atoms with Crippen LogP contribution >= 0.6 is 0 Å². The Balaban J connectivity index is 1.80. The Hall–Kier alpha value is -2.58. The predicted molar refractivity (Wildman–Crippen MR) is 103 cm³/mol. The van der Waals surface area contributed by atoms with Crippen molar-refractivity contribution in [3.63, 3.8) is 0 Å². The Labute approximate surface area is 163 Å². The Morgan fingerprint density at radius 2 is 1.82 bits per heavy atom. The average molecular weight is 404 g/mol. The lowest BCUT2D eigenvalue weighted by Gasteiger charge is -2.31. The van der Waals surface area contributed by atoms with E-state index in [1.807, 2.05) is 0 Å². The number of carbonyl (C=O) groups excluding carboxylic acids is 2. The molecule has 0 aliphatic carbocycles. The zero-order valence-electron chi connectivity index (χ0n) is 15.7. The van der Waals surface area contributed by atoms with E-state index < -0.39 is 28.3 Å². The number of hydrogen-bond acceptors (Lipinski definition) is 4. The van der Waals surface area contributed by atoms with Crippen molar-refractivity contribution in [2.24, 2.45) is 0 Å². The van der Waals surface area contributed by atoms with Crippen molar-refractivity contribution in [3.8, 4) is 0 Å². The predicted octanol–water partition coefficient (Wildman–Crippen LogP) is 2.63. The lowest BCUT2D eigenvalue weighted by molar-refractivity contribution is -0.118. The molecule has 0 N–H and O–H groups in total. The Morgan fingerprint density at radius 3 is 2.46 bits per heavy atom. The molecular weight excluding hydrogens is 383 g/mol. The molecule has 1 heterocycles. The molecule has 0 aromatic heterocycles. The summed E-state index contributed by atoms with van der Waals surface area (Å²) in [5.74, 6) is -1.15. The zero-order chi connectivity index (χ0) is 20.5. The number of anilines is 1. The smallest absolute Gasteiger partial charge is 0.243 e. The SMILES string of the molecule is CC(=O)c1ccc(S(=O)(=O)N(C)CC(=O)N2CCCc3cccc(F)c32)cc1. The van der Waals surface area contributed by atoms with E-state index >= 15 is 0 Å². The van der Waals surface area contributed by atoms with Gasteiger partial charge < -0.3 is 4.90 Å². The van der Waals surface area contributed by atoms with E-state index in [4.69, 9.17) is 0 Å². The number of halogens is 1. The lowest BCUT2D eigenvalue weighted by atomic mass is 10.0. The van der Waals surface area contributed by atoms with Gasteiger partial charge in [-0.25, -0.2) is 12.8 Å². The van der Waals surface area contributed by atoms with E-state index in [0.29, 0.717) is 24.9 Å². The summed E-state index contributed by atoms with van der Waals surface area (Å²) < 4.78 is 40.7. The quantitative estimate of drug-likeness (QED) is 0.718. The maximum atomic E-state index is 14.3. The molecule has 3 rings (SSSR count). The molecule has 0 unspecified atom stereocenters. The fraction of sp³-hybridized carbons (Fsp3) is 0.300. The Bertz CT molecular complexity index is 1020. The number of rotatable bonds is 5. The topological polar surface area (TPSA) is 74.8 Å². The van der Waals surface area contributed by atoms with Crippen molar-refractivity contribution in [3.05, 3.63) is 59.4 Å². The van der Waals surface area contributed by atoms with E-state index in [0.717, 1.165) is 9.87 Å². The van der Waals surface area contributed by atoms with Gasteiger partial charge in [-0.05, 0) is 43.5 Å². The maximum Gasteiger partial charge on any atom is 0.243 e. The first-order valence-corrected chi connectivity index (χ1v) is 10.3. The molecule has 0 saturated heterocycles. The first kappa shape index (κ1) is 20.2. The molecule has 8 heteroatoms. The van der Waals surface area contributed by atoms with E-state index in [9.17, 15) is 22.4 Å². The highest BCUT2D eigenvalue weighted by molar-refractivity contribution is 7.89. The Morgan fingerprint density at radius 1 is 1.14 bits per heavy atom. The summed E-state index contributed by atoms with van der Waals surface area (Å²) in [5.41, 5.74) is 1.37. The number of carbonyl (C=O) groups is 2. The van der Waals surface area contributed by atoms with E-state index in [1.165, 1.54) is 49.2 Å². The molecule has 0 atom stereocenters. The Kier molecular flexibility index (Phi) is 5.62. The van der Waals surface area contributed by atoms with Crippen LogP contribution in [-0.4, -0.2) is 44.6 Å². The molecule has 0 spiro atoms. The highest BCUT2D eigenvalue weighted by Crippen LogP contribution is 2.30. The highest BCUT2D eigenvalue weighted by atomic mass is 32.2. The monoisotopic (exact) mass is 404 g/mol. The molecule has 2 aromatic carbocycles. The molecule has 1 aliphatic rings. The van der Waals surface area contributed by atoms with Crippen LogP contribution in [0.1, 0.15) is 29.3 Å². The molecule has 0 saturated carbocycles. The lowest BCUT2D eigenvalue weighted by Crippen LogP contribution is -2.43. The second-order valence-corrected chi connectivity index (χ2v) is 8.78. The summed E-state index contributed by atoms with van der Waals surface area (Å²) in [6.45, 7) is 1.32. The normalized spacial score (nSPS) is 14.1. The van der Waals surface area contributed by atoms with Gasteiger partial charge in [-0.1, -0.05) is 24.3 Å². The molecule has 1 aliphatic heterocycles. The van der Waals surface area contributed by atoms with Gasteiger partial charge in [0.05, 0.1) is 17.1 Å². The van der Waals surface area contributed by atoms with Crippen molar-refractivity contribution in [2.45, 2.75) is 24.7 Å². The number of para-hydroxylation sites is 1. The molecule has 1 amide bonds. The second kappa shape index (κ2) is 7.81. The van der Waals surface area contributed by atoms with Crippen LogP contribution in [0.25, 0.3) is 0 Å². The number of benzene rings is 2. The van der Waals surface area contributed by atoms with Crippen LogP contribution in [-0.2, 0) is 21.2 Å². The number of aryl methyl sites for hydroxylation is 1. The minimum absolute atomic E-state index is 0.0157. The van der Waals surface area contributed by atoms with Gasteiger partial charge in [0.15, 0.2) is 5.78 Å².